The Balaban J connectivity index is 1.95. The molecule has 2 rings (SSSR count). The van der Waals surface area contributed by atoms with Crippen molar-refractivity contribution in [1.29, 1.82) is 0 Å². The van der Waals surface area contributed by atoms with Crippen LogP contribution in [0.4, 0.5) is 0 Å². The molecule has 0 aliphatic carbocycles. The third kappa shape index (κ3) is 0.621. The van der Waals surface area contributed by atoms with Crippen LogP contribution < -0.4 is 0 Å². The van der Waals surface area contributed by atoms with Crippen LogP contribution in [0.25, 0.3) is 0 Å². The van der Waals surface area contributed by atoms with Crippen molar-refractivity contribution < 1.29 is 4.74 Å². The van der Waals surface area contributed by atoms with Crippen LogP contribution in [0.3, 0.4) is 0 Å². The van der Waals surface area contributed by atoms with E-state index in [2.05, 4.69) is 0 Å². The number of fused-ring (bicyclic) bond motifs is 1. The number of epoxide rings is 1. The van der Waals surface area contributed by atoms with E-state index in [0.29, 0.717) is 12.2 Å². The van der Waals surface area contributed by atoms with Crippen molar-refractivity contribution in [2.75, 3.05) is 0 Å². The van der Waals surface area contributed by atoms with Crippen LogP contribution in [0.1, 0.15) is 6.42 Å². The molecule has 7 heavy (non-hydrogen) atoms. The summed E-state index contributed by atoms with van der Waals surface area (Å²) in [6.45, 7) is 0. The summed E-state index contributed by atoms with van der Waals surface area (Å²) in [4.78, 5) is 0. The van der Waals surface area contributed by atoms with Crippen molar-refractivity contribution in [1.82, 2.24) is 0 Å². The Bertz CT molecular complexity index is 74.1. The summed E-state index contributed by atoms with van der Waals surface area (Å²) in [5.74, 6) is 0. The molecule has 2 saturated heterocycles. The molecule has 2 fully saturated rings. The number of hydrogen-bond donors (Lipinski definition) is 0. The van der Waals surface area contributed by atoms with E-state index in [1.165, 1.54) is 28.0 Å². The van der Waals surface area contributed by atoms with Gasteiger partial charge in [-0.1, -0.05) is 6.04 Å². The summed E-state index contributed by atoms with van der Waals surface area (Å²) >= 11 is 0. The first kappa shape index (κ1) is 4.10. The van der Waals surface area contributed by atoms with Gasteiger partial charge in [-0.3, -0.25) is 0 Å². The minimum absolute atomic E-state index is 0.709. The Morgan fingerprint density at radius 3 is 3.00 bits per heavy atom. The van der Waals surface area contributed by atoms with Crippen molar-refractivity contribution in [2.24, 2.45) is 0 Å². The molecule has 0 amide bonds. The standard InChI is InChI=1S/C5H8OSi/c1-2-7-3-5-4(1)6-5/h4-5H,1-3H2. The fourth-order valence-electron chi connectivity index (χ4n) is 1.10. The van der Waals surface area contributed by atoms with Crippen LogP contribution in [-0.4, -0.2) is 21.7 Å². The fourth-order valence-corrected chi connectivity index (χ4v) is 2.44. The zero-order valence-corrected chi connectivity index (χ0v) is 5.18. The quantitative estimate of drug-likeness (QED) is 0.332. The molecule has 1 nitrogen and oxygen atoms in total. The van der Waals surface area contributed by atoms with E-state index in [9.17, 15) is 0 Å². The number of rotatable bonds is 0. The highest BCUT2D eigenvalue weighted by molar-refractivity contribution is 6.36. The van der Waals surface area contributed by atoms with Crippen LogP contribution in [0.2, 0.25) is 12.1 Å². The van der Waals surface area contributed by atoms with Crippen LogP contribution in [-0.2, 0) is 4.74 Å². The molecule has 2 aliphatic heterocycles. The van der Waals surface area contributed by atoms with Gasteiger partial charge in [0.2, 0.25) is 0 Å². The maximum atomic E-state index is 5.28. The summed E-state index contributed by atoms with van der Waals surface area (Å²) < 4.78 is 5.28. The van der Waals surface area contributed by atoms with E-state index >= 15 is 0 Å². The summed E-state index contributed by atoms with van der Waals surface area (Å²) in [6, 6.07) is 2.80. The maximum Gasteiger partial charge on any atom is 0.0836 e. The van der Waals surface area contributed by atoms with Gasteiger partial charge >= 0.3 is 0 Å². The lowest BCUT2D eigenvalue weighted by Crippen LogP contribution is -2.06. The monoisotopic (exact) mass is 112 g/mol. The Labute approximate surface area is 45.9 Å². The second-order valence-corrected chi connectivity index (χ2v) is 3.61. The van der Waals surface area contributed by atoms with Gasteiger partial charge in [-0.25, -0.2) is 0 Å². The zero-order valence-electron chi connectivity index (χ0n) is 4.18. The normalized spacial score (nSPS) is 48.0. The topological polar surface area (TPSA) is 12.5 Å². The molecule has 2 radical (unpaired) electrons. The summed E-state index contributed by atoms with van der Waals surface area (Å²) in [6.07, 6.45) is 2.77. The molecule has 2 heteroatoms. The highest BCUT2D eigenvalue weighted by Crippen LogP contribution is 2.33. The molecule has 2 atom stereocenters. The minimum atomic E-state index is 0.709. The molecule has 0 aromatic rings. The molecular weight excluding hydrogens is 104 g/mol. The summed E-state index contributed by atoms with van der Waals surface area (Å²) in [5, 5.41) is 0. The van der Waals surface area contributed by atoms with E-state index in [0.717, 1.165) is 0 Å². The largest absolute Gasteiger partial charge is 0.370 e. The maximum absolute atomic E-state index is 5.28. The first-order valence-corrected chi connectivity index (χ1v) is 4.24. The Hall–Kier alpha value is 0.177. The van der Waals surface area contributed by atoms with Gasteiger partial charge in [-0.05, 0) is 12.5 Å². The zero-order chi connectivity index (χ0) is 4.69. The van der Waals surface area contributed by atoms with Crippen LogP contribution in [0.5, 0.6) is 0 Å². The SMILES string of the molecule is C1CC2OC2C[Si]1. The molecule has 38 valence electrons. The third-order valence-electron chi connectivity index (χ3n) is 1.64. The molecule has 0 aromatic carbocycles. The van der Waals surface area contributed by atoms with E-state index in [-0.39, 0.29) is 0 Å². The first-order chi connectivity index (χ1) is 3.47. The van der Waals surface area contributed by atoms with Crippen molar-refractivity contribution in [3.8, 4) is 0 Å². The van der Waals surface area contributed by atoms with Gasteiger partial charge in [0, 0.05) is 9.52 Å². The van der Waals surface area contributed by atoms with Gasteiger partial charge < -0.3 is 4.74 Å². The van der Waals surface area contributed by atoms with Gasteiger partial charge in [0.25, 0.3) is 0 Å². The van der Waals surface area contributed by atoms with Crippen molar-refractivity contribution >= 4 is 9.52 Å². The average molecular weight is 112 g/mol. The minimum Gasteiger partial charge on any atom is -0.370 e. The van der Waals surface area contributed by atoms with Gasteiger partial charge in [0.15, 0.2) is 0 Å². The number of ether oxygens (including phenoxy) is 1. The second kappa shape index (κ2) is 1.33. The van der Waals surface area contributed by atoms with Gasteiger partial charge in [0.05, 0.1) is 12.2 Å². The van der Waals surface area contributed by atoms with Gasteiger partial charge in [-0.15, -0.1) is 0 Å². The lowest BCUT2D eigenvalue weighted by molar-refractivity contribution is 0.379. The molecule has 0 N–H and O–H groups in total. The van der Waals surface area contributed by atoms with E-state index in [1.54, 1.807) is 0 Å². The molecule has 2 heterocycles. The highest BCUT2D eigenvalue weighted by Gasteiger charge is 2.40. The Morgan fingerprint density at radius 1 is 1.43 bits per heavy atom. The number of hydrogen-bond acceptors (Lipinski definition) is 1. The average Bonchev–Trinajstić information content (AvgIpc) is 2.41. The molecule has 0 saturated carbocycles. The molecule has 0 aromatic heterocycles. The van der Waals surface area contributed by atoms with E-state index < -0.39 is 0 Å². The van der Waals surface area contributed by atoms with Crippen LogP contribution in [0, 0.1) is 0 Å². The third-order valence-corrected chi connectivity index (χ3v) is 2.97. The molecule has 2 aliphatic rings. The van der Waals surface area contributed by atoms with E-state index in [4.69, 9.17) is 4.74 Å². The molecular formula is C5H8OSi. The molecule has 0 spiro atoms. The fraction of sp³-hybridized carbons (Fsp3) is 1.00. The lowest BCUT2D eigenvalue weighted by Gasteiger charge is -1.99. The van der Waals surface area contributed by atoms with E-state index in [1.807, 2.05) is 0 Å². The second-order valence-electron chi connectivity index (χ2n) is 2.21. The Morgan fingerprint density at radius 2 is 2.43 bits per heavy atom. The predicted molar refractivity (Wildman–Crippen MR) is 28.6 cm³/mol. The Kier molecular flexibility index (Phi) is 0.775. The van der Waals surface area contributed by atoms with Gasteiger partial charge in [0.1, 0.15) is 0 Å². The van der Waals surface area contributed by atoms with Crippen molar-refractivity contribution in [3.05, 3.63) is 0 Å². The molecule has 2 unspecified atom stereocenters. The van der Waals surface area contributed by atoms with Crippen LogP contribution in [0.15, 0.2) is 0 Å². The van der Waals surface area contributed by atoms with Gasteiger partial charge in [-0.2, -0.15) is 0 Å². The summed E-state index contributed by atoms with van der Waals surface area (Å²) in [7, 11) is 1.20. The van der Waals surface area contributed by atoms with Crippen molar-refractivity contribution in [2.45, 2.75) is 30.7 Å². The summed E-state index contributed by atoms with van der Waals surface area (Å²) in [5.41, 5.74) is 0. The van der Waals surface area contributed by atoms with Crippen LogP contribution >= 0.6 is 0 Å². The molecule has 0 bridgehead atoms. The predicted octanol–water partition coefficient (Wildman–Crippen LogP) is 0.698. The highest BCUT2D eigenvalue weighted by atomic mass is 28.2. The first-order valence-electron chi connectivity index (χ1n) is 2.83. The lowest BCUT2D eigenvalue weighted by atomic mass is 10.3. The van der Waals surface area contributed by atoms with Crippen molar-refractivity contribution in [3.63, 3.8) is 0 Å². The smallest absolute Gasteiger partial charge is 0.0836 e.